The van der Waals surface area contributed by atoms with Crippen molar-refractivity contribution in [3.05, 3.63) is 0 Å². The van der Waals surface area contributed by atoms with Crippen LogP contribution < -0.4 is 11.1 Å². The van der Waals surface area contributed by atoms with Gasteiger partial charge in [0.15, 0.2) is 0 Å². The topological polar surface area (TPSA) is 64.3 Å². The van der Waals surface area contributed by atoms with Crippen LogP contribution in [0.15, 0.2) is 0 Å². The lowest BCUT2D eigenvalue weighted by Gasteiger charge is -2.32. The predicted octanol–water partition coefficient (Wildman–Crippen LogP) is 1.05. The minimum absolute atomic E-state index is 0.0101. The third-order valence-corrected chi connectivity index (χ3v) is 3.36. The minimum Gasteiger partial charge on any atom is -0.379 e. The lowest BCUT2D eigenvalue weighted by atomic mass is 9.83. The largest absolute Gasteiger partial charge is 0.379 e. The molecule has 16 heavy (non-hydrogen) atoms. The zero-order valence-electron chi connectivity index (χ0n) is 10.8. The number of nitrogens with one attached hydrogen (secondary N) is 1. The summed E-state index contributed by atoms with van der Waals surface area (Å²) in [6, 6.07) is -0.204. The molecule has 94 valence electrons. The van der Waals surface area contributed by atoms with Gasteiger partial charge in [0, 0.05) is 11.6 Å². The third kappa shape index (κ3) is 2.74. The lowest BCUT2D eigenvalue weighted by molar-refractivity contribution is -0.132. The van der Waals surface area contributed by atoms with Gasteiger partial charge in [0.2, 0.25) is 5.91 Å². The van der Waals surface area contributed by atoms with Crippen molar-refractivity contribution in [2.24, 2.45) is 11.1 Å². The molecule has 4 heteroatoms. The van der Waals surface area contributed by atoms with Crippen LogP contribution in [0.5, 0.6) is 0 Å². The molecule has 0 bridgehead atoms. The van der Waals surface area contributed by atoms with Crippen LogP contribution in [0.3, 0.4) is 0 Å². The van der Waals surface area contributed by atoms with Gasteiger partial charge in [0.1, 0.15) is 0 Å². The molecule has 0 spiro atoms. The summed E-state index contributed by atoms with van der Waals surface area (Å²) in [5, 5.41) is 3.07. The zero-order chi connectivity index (χ0) is 12.4. The van der Waals surface area contributed by atoms with Gasteiger partial charge in [-0.05, 0) is 27.2 Å². The molecule has 0 aromatic heterocycles. The second-order valence-corrected chi connectivity index (χ2v) is 5.63. The van der Waals surface area contributed by atoms with Crippen LogP contribution in [0.4, 0.5) is 0 Å². The molecule has 0 aliphatic carbocycles. The van der Waals surface area contributed by atoms with E-state index in [1.165, 1.54) is 0 Å². The van der Waals surface area contributed by atoms with Crippen molar-refractivity contribution >= 4 is 5.91 Å². The van der Waals surface area contributed by atoms with Gasteiger partial charge in [0.05, 0.1) is 18.6 Å². The molecule has 1 aliphatic rings. The maximum atomic E-state index is 12.2. The Hall–Kier alpha value is -0.610. The highest BCUT2D eigenvalue weighted by Crippen LogP contribution is 2.28. The summed E-state index contributed by atoms with van der Waals surface area (Å²) >= 11 is 0. The first kappa shape index (κ1) is 13.5. The monoisotopic (exact) mass is 228 g/mol. The Morgan fingerprint density at radius 3 is 2.69 bits per heavy atom. The van der Waals surface area contributed by atoms with Crippen molar-refractivity contribution in [1.82, 2.24) is 5.32 Å². The summed E-state index contributed by atoms with van der Waals surface area (Å²) in [5.74, 6) is 0.0101. The molecule has 1 aliphatic heterocycles. The average Bonchev–Trinajstić information content (AvgIpc) is 2.47. The van der Waals surface area contributed by atoms with Crippen molar-refractivity contribution in [1.29, 1.82) is 0 Å². The molecule has 0 radical (unpaired) electrons. The van der Waals surface area contributed by atoms with Crippen LogP contribution in [0.25, 0.3) is 0 Å². The van der Waals surface area contributed by atoms with Crippen molar-refractivity contribution in [2.45, 2.75) is 52.1 Å². The van der Waals surface area contributed by atoms with E-state index in [-0.39, 0.29) is 17.5 Å². The fraction of sp³-hybridized carbons (Fsp3) is 0.917. The number of nitrogens with two attached hydrogens (primary N) is 1. The first-order valence-corrected chi connectivity index (χ1v) is 5.98. The Bertz CT molecular complexity index is 266. The molecule has 2 unspecified atom stereocenters. The number of ether oxygens (including phenoxy) is 1. The maximum absolute atomic E-state index is 12.2. The minimum atomic E-state index is -0.578. The number of amides is 1. The van der Waals surface area contributed by atoms with E-state index in [0.717, 1.165) is 12.8 Å². The molecule has 4 nitrogen and oxygen atoms in total. The molecule has 0 saturated carbocycles. The number of hydrogen-bond acceptors (Lipinski definition) is 3. The number of hydrogen-bond donors (Lipinski definition) is 2. The third-order valence-electron chi connectivity index (χ3n) is 3.36. The Labute approximate surface area is 97.9 Å². The van der Waals surface area contributed by atoms with Crippen LogP contribution in [-0.4, -0.2) is 30.7 Å². The molecule has 2 atom stereocenters. The van der Waals surface area contributed by atoms with Gasteiger partial charge in [-0.25, -0.2) is 0 Å². The first-order valence-electron chi connectivity index (χ1n) is 5.98. The molecular weight excluding hydrogens is 204 g/mol. The van der Waals surface area contributed by atoms with E-state index >= 15 is 0 Å². The number of rotatable bonds is 4. The average molecular weight is 228 g/mol. The number of carbonyl (C=O) groups is 1. The second kappa shape index (κ2) is 4.72. The predicted molar refractivity (Wildman–Crippen MR) is 64.0 cm³/mol. The second-order valence-electron chi connectivity index (χ2n) is 5.63. The fourth-order valence-electron chi connectivity index (χ4n) is 2.06. The first-order chi connectivity index (χ1) is 7.32. The normalized spacial score (nSPS) is 30.4. The Morgan fingerprint density at radius 2 is 2.25 bits per heavy atom. The van der Waals surface area contributed by atoms with Crippen molar-refractivity contribution in [3.8, 4) is 0 Å². The molecule has 3 N–H and O–H groups in total. The maximum Gasteiger partial charge on any atom is 0.230 e. The van der Waals surface area contributed by atoms with E-state index in [2.05, 4.69) is 12.2 Å². The number of carbonyl (C=O) groups excluding carboxylic acids is 1. The van der Waals surface area contributed by atoms with Crippen LogP contribution in [0.2, 0.25) is 0 Å². The summed E-state index contributed by atoms with van der Waals surface area (Å²) in [7, 11) is 0. The zero-order valence-corrected chi connectivity index (χ0v) is 10.8. The van der Waals surface area contributed by atoms with Gasteiger partial charge < -0.3 is 15.8 Å². The molecule has 0 aromatic carbocycles. The van der Waals surface area contributed by atoms with Crippen LogP contribution in [-0.2, 0) is 9.53 Å². The Balaban J connectivity index is 2.64. The van der Waals surface area contributed by atoms with Gasteiger partial charge >= 0.3 is 0 Å². The van der Waals surface area contributed by atoms with Crippen molar-refractivity contribution in [2.75, 3.05) is 13.2 Å². The van der Waals surface area contributed by atoms with Crippen molar-refractivity contribution < 1.29 is 9.53 Å². The van der Waals surface area contributed by atoms with Gasteiger partial charge in [0.25, 0.3) is 0 Å². The summed E-state index contributed by atoms with van der Waals surface area (Å²) in [5.41, 5.74) is 5.17. The summed E-state index contributed by atoms with van der Waals surface area (Å²) in [4.78, 5) is 12.2. The molecule has 1 heterocycles. The highest BCUT2D eigenvalue weighted by molar-refractivity contribution is 5.84. The van der Waals surface area contributed by atoms with Crippen LogP contribution >= 0.6 is 0 Å². The molecule has 1 saturated heterocycles. The Morgan fingerprint density at radius 1 is 1.62 bits per heavy atom. The fourth-order valence-corrected chi connectivity index (χ4v) is 2.06. The standard InChI is InChI=1S/C12H24N2O2/c1-5-6-11(2,3)14-10(15)12(4)8-16-7-9(12)13/h9H,5-8,13H2,1-4H3,(H,14,15). The van der Waals surface area contributed by atoms with E-state index in [0.29, 0.717) is 13.2 Å². The van der Waals surface area contributed by atoms with E-state index in [9.17, 15) is 4.79 Å². The molecule has 1 fully saturated rings. The van der Waals surface area contributed by atoms with Gasteiger partial charge in [-0.1, -0.05) is 13.3 Å². The van der Waals surface area contributed by atoms with Gasteiger partial charge in [-0.2, -0.15) is 0 Å². The van der Waals surface area contributed by atoms with E-state index in [1.807, 2.05) is 20.8 Å². The van der Waals surface area contributed by atoms with Crippen LogP contribution in [0.1, 0.15) is 40.5 Å². The summed E-state index contributed by atoms with van der Waals surface area (Å²) < 4.78 is 5.28. The van der Waals surface area contributed by atoms with Gasteiger partial charge in [-0.3, -0.25) is 4.79 Å². The molecule has 1 amide bonds. The summed E-state index contributed by atoms with van der Waals surface area (Å²) in [6.45, 7) is 8.96. The van der Waals surface area contributed by atoms with Crippen LogP contribution in [0, 0.1) is 5.41 Å². The lowest BCUT2D eigenvalue weighted by Crippen LogP contribution is -2.55. The molecular formula is C12H24N2O2. The van der Waals surface area contributed by atoms with Crippen molar-refractivity contribution in [3.63, 3.8) is 0 Å². The quantitative estimate of drug-likeness (QED) is 0.756. The smallest absolute Gasteiger partial charge is 0.230 e. The molecule has 1 rings (SSSR count). The molecule has 0 aromatic rings. The Kier molecular flexibility index (Phi) is 3.97. The SMILES string of the molecule is CCCC(C)(C)NC(=O)C1(C)COCC1N. The van der Waals surface area contributed by atoms with E-state index < -0.39 is 5.41 Å². The highest BCUT2D eigenvalue weighted by atomic mass is 16.5. The van der Waals surface area contributed by atoms with Gasteiger partial charge in [-0.15, -0.1) is 0 Å². The highest BCUT2D eigenvalue weighted by Gasteiger charge is 2.45. The van der Waals surface area contributed by atoms with E-state index in [4.69, 9.17) is 10.5 Å². The van der Waals surface area contributed by atoms with E-state index in [1.54, 1.807) is 0 Å². The summed E-state index contributed by atoms with van der Waals surface area (Å²) in [6.07, 6.45) is 2.01.